The normalized spacial score (nSPS) is 13.4. The summed E-state index contributed by atoms with van der Waals surface area (Å²) >= 11 is 0. The van der Waals surface area contributed by atoms with Gasteiger partial charge in [-0.2, -0.15) is 5.10 Å². The molecule has 0 unspecified atom stereocenters. The maximum atomic E-state index is 12.5. The fraction of sp³-hybridized carbons (Fsp3) is 0.105. The largest absolute Gasteiger partial charge is 0.508 e. The van der Waals surface area contributed by atoms with E-state index in [0.717, 1.165) is 16.5 Å². The van der Waals surface area contributed by atoms with Crippen LogP contribution in [0.3, 0.4) is 0 Å². The van der Waals surface area contributed by atoms with Crippen molar-refractivity contribution in [2.75, 3.05) is 5.32 Å². The van der Waals surface area contributed by atoms with Crippen molar-refractivity contribution in [1.29, 1.82) is 0 Å². The number of aromatic amines is 1. The summed E-state index contributed by atoms with van der Waals surface area (Å²) in [6.45, 7) is 0. The molecule has 6 N–H and O–H groups in total. The van der Waals surface area contributed by atoms with E-state index in [-0.39, 0.29) is 30.0 Å². The van der Waals surface area contributed by atoms with Crippen molar-refractivity contribution in [1.82, 2.24) is 10.4 Å². The van der Waals surface area contributed by atoms with Crippen molar-refractivity contribution in [2.45, 2.75) is 12.5 Å². The number of carbonyl (C=O) groups is 2. The quantitative estimate of drug-likeness (QED) is 0.458. The van der Waals surface area contributed by atoms with E-state index >= 15 is 0 Å². The number of anilines is 1. The molecule has 9 heteroatoms. The van der Waals surface area contributed by atoms with E-state index in [1.807, 2.05) is 0 Å². The molecule has 28 heavy (non-hydrogen) atoms. The Morgan fingerprint density at radius 1 is 1.25 bits per heavy atom. The number of nitrogens with zero attached hydrogens (tertiary/aromatic N) is 1. The summed E-state index contributed by atoms with van der Waals surface area (Å²) in [6, 6.07) is 9.10. The SMILES string of the molecule is Cl.N[C@H](Cc1ccc(O)cc1)C(=O)Nc1cc2c3c(c[nH]c3c1)C=NNC2=O. The van der Waals surface area contributed by atoms with Gasteiger partial charge >= 0.3 is 0 Å². The summed E-state index contributed by atoms with van der Waals surface area (Å²) in [5.41, 5.74) is 11.7. The molecule has 3 aromatic rings. The van der Waals surface area contributed by atoms with E-state index in [1.54, 1.807) is 48.8 Å². The number of aromatic hydroxyl groups is 1. The Morgan fingerprint density at radius 2 is 2.00 bits per heavy atom. The minimum atomic E-state index is -0.777. The highest BCUT2D eigenvalue weighted by atomic mass is 35.5. The summed E-state index contributed by atoms with van der Waals surface area (Å²) in [6.07, 6.45) is 3.64. The number of rotatable bonds is 4. The summed E-state index contributed by atoms with van der Waals surface area (Å²) < 4.78 is 0. The zero-order chi connectivity index (χ0) is 19.0. The molecule has 0 aliphatic carbocycles. The highest BCUT2D eigenvalue weighted by Gasteiger charge is 2.20. The van der Waals surface area contributed by atoms with E-state index in [4.69, 9.17) is 5.73 Å². The average molecular weight is 400 g/mol. The van der Waals surface area contributed by atoms with Crippen LogP contribution in [0.25, 0.3) is 10.9 Å². The van der Waals surface area contributed by atoms with E-state index in [9.17, 15) is 14.7 Å². The fourth-order valence-corrected chi connectivity index (χ4v) is 3.08. The van der Waals surface area contributed by atoms with Gasteiger partial charge in [0.1, 0.15) is 5.75 Å². The Labute approximate surface area is 166 Å². The predicted molar refractivity (Wildman–Crippen MR) is 109 cm³/mol. The number of halogens is 1. The molecule has 0 fully saturated rings. The van der Waals surface area contributed by atoms with Crippen LogP contribution in [0.4, 0.5) is 5.69 Å². The number of aromatic nitrogens is 1. The number of phenols is 1. The molecule has 1 atom stereocenters. The first kappa shape index (κ1) is 19.4. The third-order valence-electron chi connectivity index (χ3n) is 4.42. The molecule has 0 saturated carbocycles. The lowest BCUT2D eigenvalue weighted by Crippen LogP contribution is -2.37. The molecular weight excluding hydrogens is 382 g/mol. The van der Waals surface area contributed by atoms with E-state index < -0.39 is 6.04 Å². The zero-order valence-electron chi connectivity index (χ0n) is 14.6. The maximum absolute atomic E-state index is 12.5. The molecular formula is C19H18ClN5O3. The predicted octanol–water partition coefficient (Wildman–Crippen LogP) is 1.88. The van der Waals surface area contributed by atoms with Crippen LogP contribution in [0, 0.1) is 0 Å². The number of benzene rings is 2. The van der Waals surface area contributed by atoms with Crippen molar-refractivity contribution in [3.05, 3.63) is 59.3 Å². The standard InChI is InChI=1S/C19H17N5O3.ClH/c20-15(5-10-1-3-13(25)4-2-10)19(27)23-12-6-14-17-11(8-21-16(17)7-12)9-22-24-18(14)26;/h1-4,6-9,15,21,25H,5,20H2,(H,23,27)(H,24,26);1H/t15-;/m1./s1. The first-order valence-corrected chi connectivity index (χ1v) is 8.34. The number of hydrogen-bond acceptors (Lipinski definition) is 5. The molecule has 144 valence electrons. The van der Waals surface area contributed by atoms with Gasteiger partial charge < -0.3 is 21.1 Å². The van der Waals surface area contributed by atoms with Gasteiger partial charge in [-0.15, -0.1) is 12.4 Å². The lowest BCUT2D eigenvalue weighted by Gasteiger charge is -2.13. The second-order valence-corrected chi connectivity index (χ2v) is 6.36. The average Bonchev–Trinajstić information content (AvgIpc) is 2.98. The fourth-order valence-electron chi connectivity index (χ4n) is 3.08. The second kappa shape index (κ2) is 7.71. The summed E-state index contributed by atoms with van der Waals surface area (Å²) in [5, 5.41) is 16.7. The molecule has 2 heterocycles. The number of hydrazone groups is 1. The van der Waals surface area contributed by atoms with Crippen LogP contribution in [0.15, 0.2) is 47.7 Å². The minimum Gasteiger partial charge on any atom is -0.508 e. The van der Waals surface area contributed by atoms with Crippen molar-refractivity contribution in [2.24, 2.45) is 10.8 Å². The maximum Gasteiger partial charge on any atom is 0.272 e. The first-order valence-electron chi connectivity index (χ1n) is 8.34. The molecule has 1 aliphatic heterocycles. The highest BCUT2D eigenvalue weighted by molar-refractivity contribution is 6.15. The van der Waals surface area contributed by atoms with Crippen LogP contribution in [-0.2, 0) is 11.2 Å². The summed E-state index contributed by atoms with van der Waals surface area (Å²) in [4.78, 5) is 27.8. The third-order valence-corrected chi connectivity index (χ3v) is 4.42. The molecule has 0 spiro atoms. The van der Waals surface area contributed by atoms with Gasteiger partial charge in [-0.1, -0.05) is 12.1 Å². The lowest BCUT2D eigenvalue weighted by molar-refractivity contribution is -0.117. The second-order valence-electron chi connectivity index (χ2n) is 6.36. The number of amides is 2. The van der Waals surface area contributed by atoms with Crippen LogP contribution in [0.2, 0.25) is 0 Å². The summed E-state index contributed by atoms with van der Waals surface area (Å²) in [7, 11) is 0. The Balaban J connectivity index is 0.00000225. The minimum absolute atomic E-state index is 0. The number of hydrogen-bond donors (Lipinski definition) is 5. The van der Waals surface area contributed by atoms with Gasteiger partial charge in [0.15, 0.2) is 0 Å². The molecule has 8 nitrogen and oxygen atoms in total. The Kier molecular flexibility index (Phi) is 5.34. The van der Waals surface area contributed by atoms with E-state index in [1.165, 1.54) is 0 Å². The van der Waals surface area contributed by atoms with Gasteiger partial charge in [0.2, 0.25) is 5.91 Å². The Hall–Kier alpha value is -3.36. The van der Waals surface area contributed by atoms with Crippen LogP contribution in [0.1, 0.15) is 21.5 Å². The van der Waals surface area contributed by atoms with Gasteiger partial charge in [-0.05, 0) is 36.2 Å². The van der Waals surface area contributed by atoms with Crippen LogP contribution in [0.5, 0.6) is 5.75 Å². The monoisotopic (exact) mass is 399 g/mol. The number of H-pyrrole nitrogens is 1. The van der Waals surface area contributed by atoms with E-state index in [2.05, 4.69) is 20.8 Å². The van der Waals surface area contributed by atoms with Crippen LogP contribution >= 0.6 is 12.4 Å². The first-order chi connectivity index (χ1) is 13.0. The molecule has 1 aliphatic rings. The molecule has 2 amide bonds. The molecule has 4 rings (SSSR count). The van der Waals surface area contributed by atoms with Crippen LogP contribution in [-0.4, -0.2) is 34.2 Å². The highest BCUT2D eigenvalue weighted by Crippen LogP contribution is 2.27. The van der Waals surface area contributed by atoms with Crippen molar-refractivity contribution in [3.8, 4) is 5.75 Å². The van der Waals surface area contributed by atoms with Crippen molar-refractivity contribution >= 4 is 47.0 Å². The molecule has 0 bridgehead atoms. The van der Waals surface area contributed by atoms with Gasteiger partial charge in [0.25, 0.3) is 5.91 Å². The van der Waals surface area contributed by atoms with Gasteiger partial charge in [-0.3, -0.25) is 9.59 Å². The zero-order valence-corrected chi connectivity index (χ0v) is 15.4. The van der Waals surface area contributed by atoms with Gasteiger partial charge in [0.05, 0.1) is 17.8 Å². The number of carbonyl (C=O) groups excluding carboxylic acids is 2. The van der Waals surface area contributed by atoms with E-state index in [0.29, 0.717) is 23.2 Å². The topological polar surface area (TPSA) is 133 Å². The lowest BCUT2D eigenvalue weighted by atomic mass is 10.0. The Morgan fingerprint density at radius 3 is 2.75 bits per heavy atom. The number of phenolic OH excluding ortho intramolecular Hbond substituents is 1. The van der Waals surface area contributed by atoms with Crippen LogP contribution < -0.4 is 16.5 Å². The number of nitrogens with two attached hydrogens (primary N) is 1. The molecule has 0 saturated heterocycles. The van der Waals surface area contributed by atoms with Gasteiger partial charge in [0, 0.05) is 28.4 Å². The third kappa shape index (κ3) is 3.68. The molecule has 1 aromatic heterocycles. The Bertz CT molecular complexity index is 1080. The smallest absolute Gasteiger partial charge is 0.272 e. The van der Waals surface area contributed by atoms with Crippen molar-refractivity contribution in [3.63, 3.8) is 0 Å². The summed E-state index contributed by atoms with van der Waals surface area (Å²) in [5.74, 6) is -0.562. The number of nitrogens with one attached hydrogen (secondary N) is 3. The van der Waals surface area contributed by atoms with Crippen molar-refractivity contribution < 1.29 is 14.7 Å². The molecule has 2 aromatic carbocycles. The molecule has 0 radical (unpaired) electrons. The van der Waals surface area contributed by atoms with Gasteiger partial charge in [-0.25, -0.2) is 5.43 Å².